The Balaban J connectivity index is 2.79. The number of nitrogen functional groups attached to an aromatic ring is 1. The summed E-state index contributed by atoms with van der Waals surface area (Å²) in [6, 6.07) is 4.08. The Morgan fingerprint density at radius 3 is 3.00 bits per heavy atom. The molecule has 0 aliphatic carbocycles. The Morgan fingerprint density at radius 2 is 2.36 bits per heavy atom. The van der Waals surface area contributed by atoms with E-state index in [9.17, 15) is 0 Å². The fourth-order valence-electron chi connectivity index (χ4n) is 1.47. The van der Waals surface area contributed by atoms with Gasteiger partial charge < -0.3 is 10.5 Å². The van der Waals surface area contributed by atoms with Gasteiger partial charge in [-0.15, -0.1) is 11.3 Å². The lowest BCUT2D eigenvalue weighted by Gasteiger charge is -2.09. The maximum absolute atomic E-state index is 6.05. The number of fused-ring (bicyclic) bond motifs is 1. The van der Waals surface area contributed by atoms with Crippen molar-refractivity contribution in [3.05, 3.63) is 23.1 Å². The Labute approximate surface area is 94.8 Å². The molecule has 0 saturated heterocycles. The minimum atomic E-state index is 0.718. The van der Waals surface area contributed by atoms with Gasteiger partial charge in [-0.1, -0.05) is 15.9 Å². The molecule has 2 N–H and O–H groups in total. The minimum absolute atomic E-state index is 0.718. The van der Waals surface area contributed by atoms with E-state index in [1.807, 2.05) is 11.4 Å². The molecule has 0 atom stereocenters. The third-order valence-corrected chi connectivity index (χ3v) is 3.73. The molecule has 1 aromatic carbocycles. The average Bonchev–Trinajstić information content (AvgIpc) is 2.65. The topological polar surface area (TPSA) is 35.2 Å². The average molecular weight is 272 g/mol. The highest BCUT2D eigenvalue weighted by atomic mass is 79.9. The molecule has 0 amide bonds. The van der Waals surface area contributed by atoms with E-state index in [0.29, 0.717) is 0 Å². The second-order valence-corrected chi connectivity index (χ2v) is 4.42. The molecule has 0 aliphatic heterocycles. The van der Waals surface area contributed by atoms with Crippen LogP contribution in [0, 0.1) is 0 Å². The Morgan fingerprint density at radius 1 is 1.57 bits per heavy atom. The van der Waals surface area contributed by atoms with Crippen LogP contribution >= 0.6 is 27.3 Å². The molecule has 74 valence electrons. The minimum Gasteiger partial charge on any atom is -0.496 e. The molecule has 0 bridgehead atoms. The lowest BCUT2D eigenvalue weighted by molar-refractivity contribution is 0.412. The van der Waals surface area contributed by atoms with E-state index in [1.165, 1.54) is 0 Å². The highest BCUT2D eigenvalue weighted by Crippen LogP contribution is 2.37. The zero-order valence-electron chi connectivity index (χ0n) is 7.71. The first-order valence-electron chi connectivity index (χ1n) is 4.16. The predicted octanol–water partition coefficient (Wildman–Crippen LogP) is 3.39. The van der Waals surface area contributed by atoms with E-state index < -0.39 is 0 Å². The lowest BCUT2D eigenvalue weighted by Crippen LogP contribution is -1.96. The lowest BCUT2D eigenvalue weighted by atomic mass is 10.1. The zero-order valence-corrected chi connectivity index (χ0v) is 10.1. The molecular formula is C10H10BrNOS. The van der Waals surface area contributed by atoms with Gasteiger partial charge in [0.05, 0.1) is 17.5 Å². The van der Waals surface area contributed by atoms with Crippen LogP contribution in [-0.4, -0.2) is 7.11 Å². The highest BCUT2D eigenvalue weighted by molar-refractivity contribution is 9.08. The number of methoxy groups -OCH3 is 1. The number of ether oxygens (including phenoxy) is 1. The first kappa shape index (κ1) is 9.80. The van der Waals surface area contributed by atoms with Crippen LogP contribution in [0.25, 0.3) is 10.1 Å². The molecule has 0 radical (unpaired) electrons. The van der Waals surface area contributed by atoms with Crippen molar-refractivity contribution in [2.45, 2.75) is 5.33 Å². The van der Waals surface area contributed by atoms with E-state index in [1.54, 1.807) is 18.4 Å². The monoisotopic (exact) mass is 271 g/mol. The summed E-state index contributed by atoms with van der Waals surface area (Å²) in [6.45, 7) is 0. The molecule has 14 heavy (non-hydrogen) atoms. The van der Waals surface area contributed by atoms with Crippen molar-refractivity contribution in [1.82, 2.24) is 0 Å². The first-order chi connectivity index (χ1) is 6.77. The first-order valence-corrected chi connectivity index (χ1v) is 6.16. The Hall–Kier alpha value is -0.740. The van der Waals surface area contributed by atoms with Gasteiger partial charge in [0.1, 0.15) is 5.75 Å². The number of rotatable bonds is 2. The van der Waals surface area contributed by atoms with Crippen LogP contribution in [0.5, 0.6) is 5.75 Å². The fourth-order valence-corrected chi connectivity index (χ4v) is 2.91. The molecule has 4 heteroatoms. The van der Waals surface area contributed by atoms with Crippen LogP contribution in [0.1, 0.15) is 5.56 Å². The van der Waals surface area contributed by atoms with E-state index in [-0.39, 0.29) is 0 Å². The van der Waals surface area contributed by atoms with Crippen molar-refractivity contribution < 1.29 is 4.74 Å². The molecule has 0 spiro atoms. The normalized spacial score (nSPS) is 10.7. The van der Waals surface area contributed by atoms with Crippen LogP contribution in [0.15, 0.2) is 17.5 Å². The van der Waals surface area contributed by atoms with Crippen LogP contribution < -0.4 is 10.5 Å². The number of anilines is 1. The molecule has 0 aliphatic rings. The standard InChI is InChI=1S/C10H10BrNOS/c1-13-8-4-6-2-3-14-10(6)9(12)7(8)5-11/h2-4H,5,12H2,1H3. The summed E-state index contributed by atoms with van der Waals surface area (Å²) in [7, 11) is 1.67. The number of halogens is 1. The third kappa shape index (κ3) is 1.38. The summed E-state index contributed by atoms with van der Waals surface area (Å²) in [5.74, 6) is 0.852. The van der Waals surface area contributed by atoms with Gasteiger partial charge in [0, 0.05) is 10.9 Å². The van der Waals surface area contributed by atoms with Crippen LogP contribution in [0.4, 0.5) is 5.69 Å². The van der Waals surface area contributed by atoms with Gasteiger partial charge in [-0.3, -0.25) is 0 Å². The molecule has 0 unspecified atom stereocenters. The number of benzene rings is 1. The third-order valence-electron chi connectivity index (χ3n) is 2.20. The van der Waals surface area contributed by atoms with Crippen LogP contribution in [0.3, 0.4) is 0 Å². The maximum atomic E-state index is 6.05. The molecule has 2 nitrogen and oxygen atoms in total. The fraction of sp³-hybridized carbons (Fsp3) is 0.200. The summed E-state index contributed by atoms with van der Waals surface area (Å²) < 4.78 is 6.43. The smallest absolute Gasteiger partial charge is 0.125 e. The summed E-state index contributed by atoms with van der Waals surface area (Å²) >= 11 is 5.08. The molecule has 0 fully saturated rings. The molecule has 2 aromatic rings. The van der Waals surface area contributed by atoms with Gasteiger partial charge in [-0.2, -0.15) is 0 Å². The van der Waals surface area contributed by atoms with Gasteiger partial charge >= 0.3 is 0 Å². The van der Waals surface area contributed by atoms with Crippen molar-refractivity contribution in [3.8, 4) is 5.75 Å². The molecule has 1 heterocycles. The number of thiophene rings is 1. The van der Waals surface area contributed by atoms with Gasteiger partial charge in [0.25, 0.3) is 0 Å². The van der Waals surface area contributed by atoms with Crippen LogP contribution in [-0.2, 0) is 5.33 Å². The summed E-state index contributed by atoms with van der Waals surface area (Å²) in [5.41, 5.74) is 7.91. The summed E-state index contributed by atoms with van der Waals surface area (Å²) in [5, 5.41) is 3.91. The summed E-state index contributed by atoms with van der Waals surface area (Å²) in [4.78, 5) is 0. The van der Waals surface area contributed by atoms with Crippen molar-refractivity contribution in [1.29, 1.82) is 0 Å². The predicted molar refractivity (Wildman–Crippen MR) is 65.4 cm³/mol. The zero-order chi connectivity index (χ0) is 10.1. The quantitative estimate of drug-likeness (QED) is 0.671. The van der Waals surface area contributed by atoms with Gasteiger partial charge in [0.15, 0.2) is 0 Å². The number of hydrogen-bond acceptors (Lipinski definition) is 3. The molecule has 0 saturated carbocycles. The van der Waals surface area contributed by atoms with Crippen molar-refractivity contribution in [2.24, 2.45) is 0 Å². The van der Waals surface area contributed by atoms with Crippen molar-refractivity contribution >= 4 is 43.0 Å². The van der Waals surface area contributed by atoms with Crippen LogP contribution in [0.2, 0.25) is 0 Å². The van der Waals surface area contributed by atoms with E-state index in [2.05, 4.69) is 22.0 Å². The Kier molecular flexibility index (Phi) is 2.65. The Bertz CT molecular complexity index is 466. The largest absolute Gasteiger partial charge is 0.496 e. The summed E-state index contributed by atoms with van der Waals surface area (Å²) in [6.07, 6.45) is 0. The van der Waals surface area contributed by atoms with Gasteiger partial charge in [-0.25, -0.2) is 0 Å². The second kappa shape index (κ2) is 3.79. The van der Waals surface area contributed by atoms with E-state index in [4.69, 9.17) is 10.5 Å². The van der Waals surface area contributed by atoms with E-state index in [0.717, 1.165) is 32.4 Å². The highest BCUT2D eigenvalue weighted by Gasteiger charge is 2.11. The number of nitrogens with two attached hydrogens (primary N) is 1. The van der Waals surface area contributed by atoms with Crippen molar-refractivity contribution in [3.63, 3.8) is 0 Å². The molecule has 1 aromatic heterocycles. The second-order valence-electron chi connectivity index (χ2n) is 2.94. The molecule has 2 rings (SSSR count). The maximum Gasteiger partial charge on any atom is 0.125 e. The van der Waals surface area contributed by atoms with Gasteiger partial charge in [-0.05, 0) is 22.9 Å². The molecular weight excluding hydrogens is 262 g/mol. The number of hydrogen-bond donors (Lipinski definition) is 1. The van der Waals surface area contributed by atoms with Gasteiger partial charge in [0.2, 0.25) is 0 Å². The number of alkyl halides is 1. The van der Waals surface area contributed by atoms with Crippen molar-refractivity contribution in [2.75, 3.05) is 12.8 Å². The SMILES string of the molecule is COc1cc2ccsc2c(N)c1CBr. The van der Waals surface area contributed by atoms with E-state index >= 15 is 0 Å².